The van der Waals surface area contributed by atoms with E-state index in [9.17, 15) is 0 Å². The van der Waals surface area contributed by atoms with Gasteiger partial charge in [-0.25, -0.2) is 4.68 Å². The third-order valence-electron chi connectivity index (χ3n) is 3.95. The van der Waals surface area contributed by atoms with Crippen LogP contribution in [0.15, 0.2) is 53.3 Å². The highest BCUT2D eigenvalue weighted by molar-refractivity contribution is 9.10. The molecule has 0 N–H and O–H groups in total. The van der Waals surface area contributed by atoms with Crippen molar-refractivity contribution in [2.45, 2.75) is 6.54 Å². The van der Waals surface area contributed by atoms with Crippen molar-refractivity contribution < 1.29 is 0 Å². The van der Waals surface area contributed by atoms with E-state index in [4.69, 9.17) is 28.5 Å². The lowest BCUT2D eigenvalue weighted by Gasteiger charge is -2.06. The summed E-state index contributed by atoms with van der Waals surface area (Å²) in [5.74, 6) is 0.421. The summed E-state index contributed by atoms with van der Waals surface area (Å²) in [4.78, 5) is 1.48. The molecule has 0 aliphatic heterocycles. The third-order valence-corrected chi connectivity index (χ3v) is 5.27. The Morgan fingerprint density at radius 2 is 1.89 bits per heavy atom. The summed E-state index contributed by atoms with van der Waals surface area (Å²) in [6, 6.07) is 14.5. The van der Waals surface area contributed by atoms with Crippen LogP contribution in [0.25, 0.3) is 17.1 Å². The fraction of sp³-hybridized carbons (Fsp3) is 0.0556. The van der Waals surface area contributed by atoms with Gasteiger partial charge in [0.25, 0.3) is 0 Å². The fourth-order valence-corrected chi connectivity index (χ4v) is 3.49. The summed E-state index contributed by atoms with van der Waals surface area (Å²) in [5, 5.41) is 26.9. The van der Waals surface area contributed by atoms with Crippen molar-refractivity contribution >= 4 is 39.1 Å². The Balaban J connectivity index is 1.61. The second-order valence-corrected chi connectivity index (χ2v) is 7.40. The first kappa shape index (κ1) is 18.6. The van der Waals surface area contributed by atoms with Gasteiger partial charge in [0.1, 0.15) is 4.60 Å². The molecule has 28 heavy (non-hydrogen) atoms. The van der Waals surface area contributed by atoms with E-state index >= 15 is 0 Å². The molecule has 2 aromatic carbocycles. The smallest absolute Gasteiger partial charge is 0.209 e. The maximum Gasteiger partial charge on any atom is 0.209 e. The number of rotatable bonds is 4. The normalized spacial score (nSPS) is 10.8. The Hall–Kier alpha value is -2.73. The van der Waals surface area contributed by atoms with Gasteiger partial charge >= 0.3 is 0 Å². The van der Waals surface area contributed by atoms with Crippen LogP contribution in [0, 0.1) is 11.3 Å². The summed E-state index contributed by atoms with van der Waals surface area (Å²) in [5.41, 5.74) is 2.87. The number of tetrazole rings is 1. The lowest BCUT2D eigenvalue weighted by Crippen LogP contribution is -2.04. The van der Waals surface area contributed by atoms with E-state index in [-0.39, 0.29) is 0 Å². The second kappa shape index (κ2) is 7.72. The van der Waals surface area contributed by atoms with Crippen LogP contribution in [0.3, 0.4) is 0 Å². The molecule has 0 radical (unpaired) electrons. The molecule has 0 amide bonds. The molecule has 0 spiro atoms. The molecule has 0 aliphatic carbocycles. The molecule has 4 aromatic rings. The lowest BCUT2D eigenvalue weighted by molar-refractivity contribution is 0.573. The highest BCUT2D eigenvalue weighted by atomic mass is 79.9. The van der Waals surface area contributed by atoms with Crippen molar-refractivity contribution in [2.75, 3.05) is 0 Å². The van der Waals surface area contributed by atoms with Gasteiger partial charge in [0.05, 0.1) is 40.6 Å². The van der Waals surface area contributed by atoms with Crippen LogP contribution < -0.4 is 0 Å². The molecule has 0 aliphatic rings. The average molecular weight is 475 g/mol. The number of aromatic nitrogens is 6. The largest absolute Gasteiger partial charge is 0.224 e. The van der Waals surface area contributed by atoms with Crippen molar-refractivity contribution in [1.29, 1.82) is 5.26 Å². The topological polar surface area (TPSA) is 85.2 Å². The highest BCUT2D eigenvalue weighted by Gasteiger charge is 2.17. The number of nitriles is 1. The van der Waals surface area contributed by atoms with E-state index in [1.54, 1.807) is 41.2 Å². The van der Waals surface area contributed by atoms with E-state index in [0.29, 0.717) is 43.8 Å². The van der Waals surface area contributed by atoms with E-state index in [2.05, 4.69) is 42.5 Å². The zero-order valence-corrected chi connectivity index (χ0v) is 17.2. The number of hydrogen-bond donors (Lipinski definition) is 0. The molecule has 0 fully saturated rings. The molecule has 0 atom stereocenters. The molecule has 0 saturated carbocycles. The Morgan fingerprint density at radius 3 is 2.64 bits per heavy atom. The molecule has 2 heterocycles. The predicted octanol–water partition coefficient (Wildman–Crippen LogP) is 4.52. The lowest BCUT2D eigenvalue weighted by atomic mass is 10.1. The Labute approximate surface area is 178 Å². The van der Waals surface area contributed by atoms with Gasteiger partial charge in [-0.15, -0.1) is 10.2 Å². The van der Waals surface area contributed by atoms with Gasteiger partial charge in [0.15, 0.2) is 0 Å². The van der Waals surface area contributed by atoms with Crippen LogP contribution in [0.4, 0.5) is 0 Å². The van der Waals surface area contributed by atoms with E-state index < -0.39 is 0 Å². The van der Waals surface area contributed by atoms with Crippen molar-refractivity contribution in [3.05, 3.63) is 74.4 Å². The summed E-state index contributed by atoms with van der Waals surface area (Å²) in [7, 11) is 0. The van der Waals surface area contributed by atoms with Crippen LogP contribution in [0.1, 0.15) is 11.1 Å². The van der Waals surface area contributed by atoms with Crippen molar-refractivity contribution in [3.63, 3.8) is 0 Å². The van der Waals surface area contributed by atoms with Crippen LogP contribution in [0.5, 0.6) is 0 Å². The molecule has 10 heteroatoms. The average Bonchev–Trinajstić information content (AvgIpc) is 3.31. The number of hydrogen-bond acceptors (Lipinski definition) is 5. The first-order chi connectivity index (χ1) is 13.5. The van der Waals surface area contributed by atoms with Gasteiger partial charge in [-0.05, 0) is 57.0 Å². The van der Waals surface area contributed by atoms with E-state index in [0.717, 1.165) is 5.56 Å². The third kappa shape index (κ3) is 3.64. The molecule has 0 bridgehead atoms. The predicted molar refractivity (Wildman–Crippen MR) is 108 cm³/mol. The molecule has 0 saturated heterocycles. The maximum atomic E-state index is 8.87. The number of nitrogens with zero attached hydrogens (tertiary/aromatic N) is 7. The van der Waals surface area contributed by atoms with Crippen LogP contribution in [-0.4, -0.2) is 30.0 Å². The molecule has 138 valence electrons. The maximum absolute atomic E-state index is 8.87. The molecule has 0 unspecified atom stereocenters. The highest BCUT2D eigenvalue weighted by Crippen LogP contribution is 2.31. The molecule has 2 aromatic heterocycles. The van der Waals surface area contributed by atoms with Crippen molar-refractivity contribution in [3.8, 4) is 23.1 Å². The van der Waals surface area contributed by atoms with Gasteiger partial charge in [0.2, 0.25) is 5.82 Å². The zero-order valence-electron chi connectivity index (χ0n) is 14.1. The van der Waals surface area contributed by atoms with Gasteiger partial charge in [-0.1, -0.05) is 35.3 Å². The second-order valence-electron chi connectivity index (χ2n) is 5.81. The minimum Gasteiger partial charge on any atom is -0.224 e. The fourth-order valence-electron chi connectivity index (χ4n) is 2.57. The van der Waals surface area contributed by atoms with Gasteiger partial charge < -0.3 is 0 Å². The van der Waals surface area contributed by atoms with E-state index in [1.165, 1.54) is 4.80 Å². The zero-order chi connectivity index (χ0) is 19.7. The summed E-state index contributed by atoms with van der Waals surface area (Å²) in [6.45, 7) is 0.435. The van der Waals surface area contributed by atoms with Crippen molar-refractivity contribution in [1.82, 2.24) is 30.0 Å². The first-order valence-electron chi connectivity index (χ1n) is 8.01. The Morgan fingerprint density at radius 1 is 1.11 bits per heavy atom. The van der Waals surface area contributed by atoms with Gasteiger partial charge in [-0.3, -0.25) is 0 Å². The molecular weight excluding hydrogens is 465 g/mol. The van der Waals surface area contributed by atoms with Crippen LogP contribution in [-0.2, 0) is 6.54 Å². The Kier molecular flexibility index (Phi) is 5.13. The minimum absolute atomic E-state index is 0.421. The van der Waals surface area contributed by atoms with Crippen LogP contribution in [0.2, 0.25) is 10.0 Å². The number of halogens is 3. The minimum atomic E-state index is 0.421. The quantitative estimate of drug-likeness (QED) is 0.434. The SMILES string of the molecule is N#Cc1ccc(Cn2nnc(-c3cnn(-c4cc(Cl)ccc4Cl)c3Br)n2)cc1. The number of benzene rings is 2. The summed E-state index contributed by atoms with van der Waals surface area (Å²) < 4.78 is 2.25. The summed E-state index contributed by atoms with van der Waals surface area (Å²) >= 11 is 15.9. The molecular formula is C18H10BrCl2N7. The summed E-state index contributed by atoms with van der Waals surface area (Å²) in [6.07, 6.45) is 1.63. The standard InChI is InChI=1S/C18H10BrCl2N7/c19-17-14(9-23-28(17)16-7-13(20)5-6-15(16)21)18-24-26-27(25-18)10-12-3-1-11(8-22)2-4-12/h1-7,9H,10H2. The first-order valence-corrected chi connectivity index (χ1v) is 9.56. The monoisotopic (exact) mass is 473 g/mol. The van der Waals surface area contributed by atoms with Crippen LogP contribution >= 0.6 is 39.1 Å². The van der Waals surface area contributed by atoms with Crippen molar-refractivity contribution in [2.24, 2.45) is 0 Å². The molecule has 7 nitrogen and oxygen atoms in total. The van der Waals surface area contributed by atoms with Gasteiger partial charge in [0, 0.05) is 5.02 Å². The Bertz CT molecular complexity index is 1190. The molecule has 4 rings (SSSR count). The van der Waals surface area contributed by atoms with E-state index in [1.807, 2.05) is 12.1 Å². The van der Waals surface area contributed by atoms with Gasteiger partial charge in [-0.2, -0.15) is 15.2 Å².